The predicted molar refractivity (Wildman–Crippen MR) is 59.4 cm³/mol. The maximum Gasteiger partial charge on any atom is 0.151 e. The minimum Gasteiger partial charge on any atom is -0.247 e. The van der Waals surface area contributed by atoms with Crippen molar-refractivity contribution in [2.75, 3.05) is 0 Å². The third-order valence-electron chi connectivity index (χ3n) is 2.19. The molecule has 87 valence electrons. The molecule has 0 aliphatic carbocycles. The molecule has 0 saturated heterocycles. The average Bonchev–Trinajstić information content (AvgIpc) is 2.34. The summed E-state index contributed by atoms with van der Waals surface area (Å²) in [5.41, 5.74) is 4.08. The van der Waals surface area contributed by atoms with E-state index in [9.17, 15) is 8.78 Å². The van der Waals surface area contributed by atoms with Crippen molar-refractivity contribution in [3.8, 4) is 0 Å². The average molecular weight is 234 g/mol. The maximum absolute atomic E-state index is 13.2. The summed E-state index contributed by atoms with van der Waals surface area (Å²) < 4.78 is 26.3. The molecule has 2 aromatic rings. The van der Waals surface area contributed by atoms with Gasteiger partial charge in [0.1, 0.15) is 18.1 Å². The normalized spacial score (nSPS) is 10.2. The molecular formula is C13H10F2NO. The Morgan fingerprint density at radius 3 is 2.24 bits per heavy atom. The third-order valence-corrected chi connectivity index (χ3v) is 2.19. The molecule has 0 bridgehead atoms. The van der Waals surface area contributed by atoms with Gasteiger partial charge in [-0.15, -0.1) is 5.48 Å². The molecule has 0 unspecified atom stereocenters. The number of halogens is 2. The first-order valence-electron chi connectivity index (χ1n) is 5.08. The zero-order chi connectivity index (χ0) is 12.1. The van der Waals surface area contributed by atoms with E-state index < -0.39 is 5.82 Å². The lowest BCUT2D eigenvalue weighted by molar-refractivity contribution is 0.0511. The molecule has 2 nitrogen and oxygen atoms in total. The van der Waals surface area contributed by atoms with Crippen molar-refractivity contribution >= 4 is 5.69 Å². The van der Waals surface area contributed by atoms with Gasteiger partial charge in [-0.25, -0.2) is 13.6 Å². The molecule has 0 saturated carbocycles. The SMILES string of the molecule is Fc1ccccc1CO[N]c1ccccc1F. The van der Waals surface area contributed by atoms with Crippen LogP contribution in [0, 0.1) is 11.6 Å². The summed E-state index contributed by atoms with van der Waals surface area (Å²) in [4.78, 5) is 4.91. The summed E-state index contributed by atoms with van der Waals surface area (Å²) in [6.07, 6.45) is 0. The highest BCUT2D eigenvalue weighted by atomic mass is 19.1. The third kappa shape index (κ3) is 3.01. The van der Waals surface area contributed by atoms with Crippen LogP contribution >= 0.6 is 0 Å². The molecule has 0 fully saturated rings. The molecule has 2 rings (SSSR count). The van der Waals surface area contributed by atoms with Crippen LogP contribution in [0.15, 0.2) is 48.5 Å². The van der Waals surface area contributed by atoms with Crippen LogP contribution in [0.5, 0.6) is 0 Å². The van der Waals surface area contributed by atoms with E-state index in [2.05, 4.69) is 5.48 Å². The molecule has 0 heterocycles. The fraction of sp³-hybridized carbons (Fsp3) is 0.0769. The summed E-state index contributed by atoms with van der Waals surface area (Å²) in [5, 5.41) is 0. The zero-order valence-corrected chi connectivity index (χ0v) is 8.94. The summed E-state index contributed by atoms with van der Waals surface area (Å²) in [5.74, 6) is -0.836. The van der Waals surface area contributed by atoms with Crippen LogP contribution in [-0.4, -0.2) is 0 Å². The van der Waals surface area contributed by atoms with Gasteiger partial charge in [-0.3, -0.25) is 0 Å². The van der Waals surface area contributed by atoms with Crippen LogP contribution in [0.1, 0.15) is 5.56 Å². The summed E-state index contributed by atoms with van der Waals surface area (Å²) in [6.45, 7) is -0.0268. The Balaban J connectivity index is 1.93. The number of hydrogen-bond acceptors (Lipinski definition) is 1. The van der Waals surface area contributed by atoms with Crippen LogP contribution in [0.4, 0.5) is 14.5 Å². The van der Waals surface area contributed by atoms with Crippen LogP contribution in [0.25, 0.3) is 0 Å². The van der Waals surface area contributed by atoms with Crippen molar-refractivity contribution in [2.24, 2.45) is 0 Å². The van der Waals surface area contributed by atoms with Crippen LogP contribution < -0.4 is 5.48 Å². The second-order valence-corrected chi connectivity index (χ2v) is 3.41. The van der Waals surface area contributed by atoms with Crippen molar-refractivity contribution < 1.29 is 13.6 Å². The van der Waals surface area contributed by atoms with E-state index in [1.165, 1.54) is 18.2 Å². The molecule has 0 N–H and O–H groups in total. The van der Waals surface area contributed by atoms with E-state index in [4.69, 9.17) is 4.84 Å². The first-order valence-corrected chi connectivity index (χ1v) is 5.08. The Kier molecular flexibility index (Phi) is 3.67. The van der Waals surface area contributed by atoms with Gasteiger partial charge in [0, 0.05) is 5.56 Å². The topological polar surface area (TPSA) is 23.3 Å². The van der Waals surface area contributed by atoms with Crippen molar-refractivity contribution in [1.29, 1.82) is 0 Å². The van der Waals surface area contributed by atoms with Crippen molar-refractivity contribution in [3.05, 3.63) is 65.7 Å². The minimum atomic E-state index is -0.471. The molecule has 1 radical (unpaired) electrons. The number of nitrogens with zero attached hydrogens (tertiary/aromatic N) is 1. The van der Waals surface area contributed by atoms with E-state index in [1.54, 1.807) is 30.3 Å². The van der Waals surface area contributed by atoms with Gasteiger partial charge in [0.25, 0.3) is 0 Å². The molecule has 17 heavy (non-hydrogen) atoms. The van der Waals surface area contributed by atoms with Gasteiger partial charge in [0.15, 0.2) is 5.82 Å². The Labute approximate surface area is 97.8 Å². The summed E-state index contributed by atoms with van der Waals surface area (Å²) in [7, 11) is 0. The highest BCUT2D eigenvalue weighted by molar-refractivity contribution is 5.35. The molecule has 4 heteroatoms. The molecule has 0 spiro atoms. The van der Waals surface area contributed by atoms with Crippen LogP contribution in [0.3, 0.4) is 0 Å². The highest BCUT2D eigenvalue weighted by Gasteiger charge is 2.04. The van der Waals surface area contributed by atoms with Gasteiger partial charge in [-0.2, -0.15) is 0 Å². The lowest BCUT2D eigenvalue weighted by Gasteiger charge is -2.05. The number of hydrogen-bond donors (Lipinski definition) is 0. The first kappa shape index (κ1) is 11.5. The molecule has 0 atom stereocenters. The van der Waals surface area contributed by atoms with Crippen LogP contribution in [0.2, 0.25) is 0 Å². The van der Waals surface area contributed by atoms with Crippen LogP contribution in [-0.2, 0) is 11.4 Å². The van der Waals surface area contributed by atoms with Gasteiger partial charge in [0.05, 0.1) is 0 Å². The molecule has 0 aliphatic rings. The van der Waals surface area contributed by atoms with Gasteiger partial charge in [-0.05, 0) is 18.2 Å². The largest absolute Gasteiger partial charge is 0.247 e. The smallest absolute Gasteiger partial charge is 0.151 e. The van der Waals surface area contributed by atoms with E-state index in [-0.39, 0.29) is 18.1 Å². The van der Waals surface area contributed by atoms with Crippen molar-refractivity contribution in [3.63, 3.8) is 0 Å². The second kappa shape index (κ2) is 5.41. The van der Waals surface area contributed by atoms with E-state index in [0.717, 1.165) is 0 Å². The summed E-state index contributed by atoms with van der Waals surface area (Å²) in [6, 6.07) is 12.2. The standard InChI is InChI=1S/C13H10F2NO/c14-11-6-2-1-5-10(11)9-17-16-13-8-4-3-7-12(13)15/h1-8H,9H2. The Hall–Kier alpha value is -1.94. The minimum absolute atomic E-state index is 0.0268. The van der Waals surface area contributed by atoms with E-state index in [0.29, 0.717) is 5.56 Å². The molecule has 0 aromatic heterocycles. The quantitative estimate of drug-likeness (QED) is 0.744. The maximum atomic E-state index is 13.2. The lowest BCUT2D eigenvalue weighted by Crippen LogP contribution is -2.03. The fourth-order valence-electron chi connectivity index (χ4n) is 1.31. The molecule has 0 aliphatic heterocycles. The van der Waals surface area contributed by atoms with E-state index >= 15 is 0 Å². The van der Waals surface area contributed by atoms with Crippen molar-refractivity contribution in [2.45, 2.75) is 6.61 Å². The predicted octanol–water partition coefficient (Wildman–Crippen LogP) is 3.33. The Morgan fingerprint density at radius 2 is 1.53 bits per heavy atom. The molecule has 0 amide bonds. The number of rotatable bonds is 4. The van der Waals surface area contributed by atoms with E-state index in [1.807, 2.05) is 0 Å². The monoisotopic (exact) mass is 234 g/mol. The molecular weight excluding hydrogens is 224 g/mol. The number of benzene rings is 2. The molecule has 2 aromatic carbocycles. The fourth-order valence-corrected chi connectivity index (χ4v) is 1.31. The second-order valence-electron chi connectivity index (χ2n) is 3.41. The van der Waals surface area contributed by atoms with Gasteiger partial charge >= 0.3 is 0 Å². The van der Waals surface area contributed by atoms with Gasteiger partial charge in [-0.1, -0.05) is 30.3 Å². The first-order chi connectivity index (χ1) is 8.27. The van der Waals surface area contributed by atoms with Gasteiger partial charge in [0.2, 0.25) is 0 Å². The zero-order valence-electron chi connectivity index (χ0n) is 8.94. The lowest BCUT2D eigenvalue weighted by atomic mass is 10.2. The van der Waals surface area contributed by atoms with Crippen molar-refractivity contribution in [1.82, 2.24) is 5.48 Å². The Bertz CT molecular complexity index is 457. The van der Waals surface area contributed by atoms with Gasteiger partial charge < -0.3 is 0 Å². The summed E-state index contributed by atoms with van der Waals surface area (Å²) >= 11 is 0. The Morgan fingerprint density at radius 1 is 0.882 bits per heavy atom. The highest BCUT2D eigenvalue weighted by Crippen LogP contribution is 2.14.